The summed E-state index contributed by atoms with van der Waals surface area (Å²) in [6.45, 7) is 1.36. The second kappa shape index (κ2) is 6.79. The first-order valence-electron chi connectivity index (χ1n) is 6.72. The van der Waals surface area contributed by atoms with Crippen LogP contribution in [0.2, 0.25) is 0 Å². The van der Waals surface area contributed by atoms with Gasteiger partial charge in [-0.05, 0) is 30.0 Å². The maximum absolute atomic E-state index is 13.5. The molecule has 1 aromatic heterocycles. The van der Waals surface area contributed by atoms with Gasteiger partial charge in [0.1, 0.15) is 22.1 Å². The predicted octanol–water partition coefficient (Wildman–Crippen LogP) is 4.34. The number of carbonyl (C=O) groups excluding carboxylic acids is 2. The molecular formula is C15H11F5N2O2S. The van der Waals surface area contributed by atoms with Crippen LogP contribution in [0.5, 0.6) is 0 Å². The number of aryl methyl sites for hydroxylation is 1. The van der Waals surface area contributed by atoms with Gasteiger partial charge in [0.15, 0.2) is 0 Å². The lowest BCUT2D eigenvalue weighted by Gasteiger charge is -2.20. The zero-order valence-corrected chi connectivity index (χ0v) is 13.7. The molecule has 0 spiro atoms. The van der Waals surface area contributed by atoms with E-state index in [1.165, 1.54) is 12.3 Å². The van der Waals surface area contributed by atoms with E-state index < -0.39 is 45.9 Å². The van der Waals surface area contributed by atoms with Gasteiger partial charge in [-0.3, -0.25) is 15.0 Å². The summed E-state index contributed by atoms with van der Waals surface area (Å²) < 4.78 is 66.1. The molecule has 2 rings (SSSR count). The first kappa shape index (κ1) is 18.8. The molecule has 0 saturated heterocycles. The Morgan fingerprint density at radius 3 is 2.24 bits per heavy atom. The van der Waals surface area contributed by atoms with Crippen molar-refractivity contribution in [2.75, 3.05) is 11.9 Å². The van der Waals surface area contributed by atoms with Crippen molar-refractivity contribution in [3.63, 3.8) is 0 Å². The van der Waals surface area contributed by atoms with E-state index in [1.807, 2.05) is 0 Å². The van der Waals surface area contributed by atoms with Gasteiger partial charge in [-0.25, -0.2) is 13.6 Å². The van der Waals surface area contributed by atoms with Crippen molar-refractivity contribution in [1.29, 1.82) is 0 Å². The second-order valence-corrected chi connectivity index (χ2v) is 5.89. The number of rotatable bonds is 2. The monoisotopic (exact) mass is 378 g/mol. The van der Waals surface area contributed by atoms with Crippen molar-refractivity contribution >= 4 is 29.0 Å². The number of thiophene rings is 1. The van der Waals surface area contributed by atoms with E-state index in [0.717, 1.165) is 25.2 Å². The quantitative estimate of drug-likeness (QED) is 0.791. The normalized spacial score (nSPS) is 11.3. The maximum Gasteiger partial charge on any atom is 0.427 e. The SMILES string of the molecule is Cc1csc(C(F)(F)F)c1N(C)C(=O)NC(=O)c1c(F)cccc1F. The molecule has 4 nitrogen and oxygen atoms in total. The summed E-state index contributed by atoms with van der Waals surface area (Å²) in [5.41, 5.74) is -1.27. The summed E-state index contributed by atoms with van der Waals surface area (Å²) >= 11 is 0.397. The molecule has 0 aliphatic carbocycles. The van der Waals surface area contributed by atoms with Crippen molar-refractivity contribution in [3.05, 3.63) is 51.2 Å². The zero-order chi connectivity index (χ0) is 18.9. The molecule has 0 bridgehead atoms. The third-order valence-electron chi connectivity index (χ3n) is 3.25. The van der Waals surface area contributed by atoms with E-state index in [0.29, 0.717) is 16.2 Å². The van der Waals surface area contributed by atoms with Gasteiger partial charge in [0.2, 0.25) is 0 Å². The van der Waals surface area contributed by atoms with E-state index >= 15 is 0 Å². The summed E-state index contributed by atoms with van der Waals surface area (Å²) in [7, 11) is 1.02. The Morgan fingerprint density at radius 1 is 1.16 bits per heavy atom. The lowest BCUT2D eigenvalue weighted by atomic mass is 10.2. The number of nitrogens with zero attached hydrogens (tertiary/aromatic N) is 1. The maximum atomic E-state index is 13.5. The molecule has 134 valence electrons. The molecule has 0 fully saturated rings. The number of hydrogen-bond acceptors (Lipinski definition) is 3. The van der Waals surface area contributed by atoms with Gasteiger partial charge >= 0.3 is 12.2 Å². The van der Waals surface area contributed by atoms with Crippen molar-refractivity contribution in [2.24, 2.45) is 0 Å². The number of anilines is 1. The van der Waals surface area contributed by atoms with Crippen molar-refractivity contribution in [2.45, 2.75) is 13.1 Å². The fraction of sp³-hybridized carbons (Fsp3) is 0.200. The zero-order valence-electron chi connectivity index (χ0n) is 12.9. The average Bonchev–Trinajstić information content (AvgIpc) is 2.88. The molecule has 3 amide bonds. The number of imide groups is 1. The Kier molecular flexibility index (Phi) is 5.12. The van der Waals surface area contributed by atoms with Crippen LogP contribution in [0.15, 0.2) is 23.6 Å². The fourth-order valence-electron chi connectivity index (χ4n) is 2.12. The van der Waals surface area contributed by atoms with Crippen LogP contribution in [0.25, 0.3) is 0 Å². The van der Waals surface area contributed by atoms with Crippen LogP contribution >= 0.6 is 11.3 Å². The van der Waals surface area contributed by atoms with Crippen LogP contribution in [-0.2, 0) is 6.18 Å². The third-order valence-corrected chi connectivity index (χ3v) is 4.38. The summed E-state index contributed by atoms with van der Waals surface area (Å²) in [5.74, 6) is -3.79. The molecule has 0 aliphatic heterocycles. The lowest BCUT2D eigenvalue weighted by Crippen LogP contribution is -2.42. The van der Waals surface area contributed by atoms with Gasteiger partial charge in [0.05, 0.1) is 5.69 Å². The highest BCUT2D eigenvalue weighted by Crippen LogP contribution is 2.42. The number of halogens is 5. The van der Waals surface area contributed by atoms with Crippen LogP contribution in [0.3, 0.4) is 0 Å². The van der Waals surface area contributed by atoms with E-state index in [9.17, 15) is 31.5 Å². The number of amides is 3. The number of hydrogen-bond donors (Lipinski definition) is 1. The Morgan fingerprint density at radius 2 is 1.72 bits per heavy atom. The highest BCUT2D eigenvalue weighted by molar-refractivity contribution is 7.10. The van der Waals surface area contributed by atoms with Gasteiger partial charge in [0.25, 0.3) is 5.91 Å². The third kappa shape index (κ3) is 3.78. The lowest BCUT2D eigenvalue weighted by molar-refractivity contribution is -0.133. The number of carbonyl (C=O) groups is 2. The van der Waals surface area contributed by atoms with Gasteiger partial charge in [0, 0.05) is 7.05 Å². The molecule has 25 heavy (non-hydrogen) atoms. The van der Waals surface area contributed by atoms with E-state index in [1.54, 1.807) is 5.32 Å². The highest BCUT2D eigenvalue weighted by atomic mass is 32.1. The summed E-state index contributed by atoms with van der Waals surface area (Å²) in [5, 5.41) is 2.89. The number of benzene rings is 1. The summed E-state index contributed by atoms with van der Waals surface area (Å²) in [6.07, 6.45) is -4.69. The molecule has 0 aliphatic rings. The molecule has 2 aromatic rings. The highest BCUT2D eigenvalue weighted by Gasteiger charge is 2.38. The number of alkyl halides is 3. The Bertz CT molecular complexity index is 812. The molecule has 0 saturated carbocycles. The Hall–Kier alpha value is -2.49. The molecule has 10 heteroatoms. The topological polar surface area (TPSA) is 49.4 Å². The van der Waals surface area contributed by atoms with Gasteiger partial charge in [-0.15, -0.1) is 11.3 Å². The second-order valence-electron chi connectivity index (χ2n) is 5.01. The summed E-state index contributed by atoms with van der Waals surface area (Å²) in [4.78, 5) is 23.5. The minimum absolute atomic E-state index is 0.166. The van der Waals surface area contributed by atoms with Crippen LogP contribution in [0, 0.1) is 18.6 Å². The van der Waals surface area contributed by atoms with Crippen LogP contribution in [-0.4, -0.2) is 19.0 Å². The van der Waals surface area contributed by atoms with Crippen molar-refractivity contribution < 1.29 is 31.5 Å². The van der Waals surface area contributed by atoms with Crippen LogP contribution in [0.4, 0.5) is 32.4 Å². The number of urea groups is 1. The van der Waals surface area contributed by atoms with Gasteiger partial charge in [-0.1, -0.05) is 6.07 Å². The molecule has 1 N–H and O–H groups in total. The van der Waals surface area contributed by atoms with Crippen molar-refractivity contribution in [3.8, 4) is 0 Å². The first-order valence-corrected chi connectivity index (χ1v) is 7.60. The minimum Gasteiger partial charge on any atom is -0.295 e. The number of nitrogens with one attached hydrogen (secondary N) is 1. The summed E-state index contributed by atoms with van der Waals surface area (Å²) in [6, 6.07) is 1.41. The molecule has 1 heterocycles. The van der Waals surface area contributed by atoms with Crippen LogP contribution < -0.4 is 10.2 Å². The minimum atomic E-state index is -4.69. The van der Waals surface area contributed by atoms with E-state index in [-0.39, 0.29) is 5.56 Å². The fourth-order valence-corrected chi connectivity index (χ4v) is 3.07. The smallest absolute Gasteiger partial charge is 0.295 e. The predicted molar refractivity (Wildman–Crippen MR) is 81.7 cm³/mol. The van der Waals surface area contributed by atoms with E-state index in [2.05, 4.69) is 0 Å². The molecule has 0 radical (unpaired) electrons. The van der Waals surface area contributed by atoms with Crippen LogP contribution in [0.1, 0.15) is 20.8 Å². The molecule has 0 unspecified atom stereocenters. The molecule has 0 atom stereocenters. The standard InChI is InChI=1S/C15H11F5N2O2S/c1-7-6-25-12(15(18,19)20)11(7)22(2)14(24)21-13(23)10-8(16)4-3-5-9(10)17/h3-6H,1-2H3,(H,21,23,24). The molecular weight excluding hydrogens is 367 g/mol. The van der Waals surface area contributed by atoms with Gasteiger partial charge < -0.3 is 0 Å². The van der Waals surface area contributed by atoms with Gasteiger partial charge in [-0.2, -0.15) is 13.2 Å². The largest absolute Gasteiger partial charge is 0.427 e. The van der Waals surface area contributed by atoms with Crippen molar-refractivity contribution in [1.82, 2.24) is 5.32 Å². The average molecular weight is 378 g/mol. The molecule has 1 aromatic carbocycles. The van der Waals surface area contributed by atoms with E-state index in [4.69, 9.17) is 0 Å². The first-order chi connectivity index (χ1) is 11.5. The Labute approximate surface area is 142 Å². The Balaban J connectivity index is 2.28.